The smallest absolute Gasteiger partial charge is 0.249 e. The SMILES string of the molecule is O=C(C1CC(n2ccc3cc(F)ccc32)C1)N1OCC[C@H]1c1cc(F)cc(F)c1. The van der Waals surface area contributed by atoms with Crippen LogP contribution in [0.3, 0.4) is 0 Å². The van der Waals surface area contributed by atoms with Gasteiger partial charge in [0.2, 0.25) is 5.91 Å². The minimum Gasteiger partial charge on any atom is -0.344 e. The summed E-state index contributed by atoms with van der Waals surface area (Å²) in [5.41, 5.74) is 1.34. The Kier molecular flexibility index (Phi) is 4.35. The summed E-state index contributed by atoms with van der Waals surface area (Å²) in [5, 5.41) is 2.12. The van der Waals surface area contributed by atoms with Crippen LogP contribution in [0.25, 0.3) is 10.9 Å². The first kappa shape index (κ1) is 18.2. The van der Waals surface area contributed by atoms with Crippen LogP contribution in [-0.4, -0.2) is 22.1 Å². The number of rotatable bonds is 3. The maximum atomic E-state index is 13.6. The fourth-order valence-electron chi connectivity index (χ4n) is 4.41. The second-order valence-electron chi connectivity index (χ2n) is 7.75. The van der Waals surface area contributed by atoms with Crippen LogP contribution in [0.1, 0.15) is 36.9 Å². The molecule has 0 radical (unpaired) electrons. The van der Waals surface area contributed by atoms with Crippen molar-refractivity contribution in [1.82, 2.24) is 9.63 Å². The Balaban J connectivity index is 1.30. The lowest BCUT2D eigenvalue weighted by atomic mass is 9.79. The molecule has 0 bridgehead atoms. The Labute approximate surface area is 165 Å². The van der Waals surface area contributed by atoms with E-state index in [2.05, 4.69) is 4.57 Å². The van der Waals surface area contributed by atoms with Gasteiger partial charge in [-0.2, -0.15) is 0 Å². The highest BCUT2D eigenvalue weighted by Gasteiger charge is 2.42. The molecule has 2 heterocycles. The molecule has 0 N–H and O–H groups in total. The summed E-state index contributed by atoms with van der Waals surface area (Å²) in [5.74, 6) is -1.98. The van der Waals surface area contributed by atoms with Crippen molar-refractivity contribution in [2.24, 2.45) is 5.92 Å². The van der Waals surface area contributed by atoms with E-state index in [-0.39, 0.29) is 23.7 Å². The Morgan fingerprint density at radius 1 is 0.966 bits per heavy atom. The molecule has 4 nitrogen and oxygen atoms in total. The maximum Gasteiger partial charge on any atom is 0.249 e. The highest BCUT2D eigenvalue weighted by molar-refractivity contribution is 5.82. The van der Waals surface area contributed by atoms with Crippen LogP contribution >= 0.6 is 0 Å². The van der Waals surface area contributed by atoms with Crippen molar-refractivity contribution >= 4 is 16.8 Å². The van der Waals surface area contributed by atoms with E-state index in [1.807, 2.05) is 12.3 Å². The van der Waals surface area contributed by atoms with Gasteiger partial charge in [0.25, 0.3) is 0 Å². The third-order valence-corrected chi connectivity index (χ3v) is 5.93. The average Bonchev–Trinajstić information content (AvgIpc) is 3.26. The summed E-state index contributed by atoms with van der Waals surface area (Å²) in [4.78, 5) is 18.5. The van der Waals surface area contributed by atoms with Gasteiger partial charge in [-0.3, -0.25) is 9.63 Å². The lowest BCUT2D eigenvalue weighted by Gasteiger charge is -2.38. The average molecular weight is 400 g/mol. The summed E-state index contributed by atoms with van der Waals surface area (Å²) in [7, 11) is 0. The topological polar surface area (TPSA) is 34.5 Å². The number of hydrogen-bond acceptors (Lipinski definition) is 2. The molecule has 0 unspecified atom stereocenters. The first-order valence-corrected chi connectivity index (χ1v) is 9.67. The second-order valence-corrected chi connectivity index (χ2v) is 7.75. The lowest BCUT2D eigenvalue weighted by Crippen LogP contribution is -2.41. The molecule has 1 aliphatic carbocycles. The number of carbonyl (C=O) groups is 1. The number of amides is 1. The third kappa shape index (κ3) is 3.19. The van der Waals surface area contributed by atoms with Crippen LogP contribution < -0.4 is 0 Å². The van der Waals surface area contributed by atoms with Crippen molar-refractivity contribution in [1.29, 1.82) is 0 Å². The molecule has 1 aliphatic heterocycles. The predicted octanol–water partition coefficient (Wildman–Crippen LogP) is 4.91. The molecule has 1 saturated heterocycles. The van der Waals surface area contributed by atoms with E-state index in [0.29, 0.717) is 31.4 Å². The quantitative estimate of drug-likeness (QED) is 0.626. The van der Waals surface area contributed by atoms with E-state index in [4.69, 9.17) is 4.84 Å². The van der Waals surface area contributed by atoms with E-state index < -0.39 is 17.7 Å². The molecule has 1 aromatic heterocycles. The van der Waals surface area contributed by atoms with Crippen molar-refractivity contribution in [3.63, 3.8) is 0 Å². The number of fused-ring (bicyclic) bond motifs is 1. The zero-order chi connectivity index (χ0) is 20.1. The first-order chi connectivity index (χ1) is 14.0. The van der Waals surface area contributed by atoms with Crippen molar-refractivity contribution < 1.29 is 22.8 Å². The molecule has 2 aromatic carbocycles. The van der Waals surface area contributed by atoms with Crippen molar-refractivity contribution in [3.8, 4) is 0 Å². The molecule has 2 fully saturated rings. The van der Waals surface area contributed by atoms with Gasteiger partial charge < -0.3 is 4.57 Å². The molecular formula is C22H19F3N2O2. The highest BCUT2D eigenvalue weighted by Crippen LogP contribution is 2.43. The van der Waals surface area contributed by atoms with Gasteiger partial charge in [0.15, 0.2) is 0 Å². The van der Waals surface area contributed by atoms with Crippen LogP contribution in [0.5, 0.6) is 0 Å². The highest BCUT2D eigenvalue weighted by atomic mass is 19.1. The molecule has 29 heavy (non-hydrogen) atoms. The summed E-state index contributed by atoms with van der Waals surface area (Å²) >= 11 is 0. The van der Waals surface area contributed by atoms with Gasteiger partial charge in [-0.05, 0) is 54.8 Å². The molecule has 1 saturated carbocycles. The Hall–Kier alpha value is -2.80. The van der Waals surface area contributed by atoms with E-state index in [1.54, 1.807) is 6.07 Å². The van der Waals surface area contributed by atoms with Gasteiger partial charge in [0.1, 0.15) is 17.5 Å². The van der Waals surface area contributed by atoms with Crippen LogP contribution in [0.2, 0.25) is 0 Å². The van der Waals surface area contributed by atoms with Crippen LogP contribution in [0.15, 0.2) is 48.7 Å². The van der Waals surface area contributed by atoms with E-state index >= 15 is 0 Å². The molecule has 7 heteroatoms. The molecule has 150 valence electrons. The van der Waals surface area contributed by atoms with Crippen LogP contribution in [-0.2, 0) is 9.63 Å². The molecular weight excluding hydrogens is 381 g/mol. The zero-order valence-electron chi connectivity index (χ0n) is 15.5. The van der Waals surface area contributed by atoms with Crippen molar-refractivity contribution in [3.05, 3.63) is 71.7 Å². The summed E-state index contributed by atoms with van der Waals surface area (Å²) in [6.07, 6.45) is 3.70. The summed E-state index contributed by atoms with van der Waals surface area (Å²) in [6, 6.07) is 9.52. The van der Waals surface area contributed by atoms with Gasteiger partial charge in [-0.1, -0.05) is 0 Å². The lowest BCUT2D eigenvalue weighted by molar-refractivity contribution is -0.185. The van der Waals surface area contributed by atoms with Gasteiger partial charge in [-0.25, -0.2) is 18.2 Å². The van der Waals surface area contributed by atoms with Crippen LogP contribution in [0, 0.1) is 23.4 Å². The van der Waals surface area contributed by atoms with Gasteiger partial charge >= 0.3 is 0 Å². The summed E-state index contributed by atoms with van der Waals surface area (Å²) < 4.78 is 42.7. The maximum absolute atomic E-state index is 13.6. The van der Waals surface area contributed by atoms with E-state index in [1.165, 1.54) is 29.3 Å². The summed E-state index contributed by atoms with van der Waals surface area (Å²) in [6.45, 7) is 0.332. The van der Waals surface area contributed by atoms with Gasteiger partial charge in [-0.15, -0.1) is 0 Å². The Bertz CT molecular complexity index is 1070. The Morgan fingerprint density at radius 2 is 1.72 bits per heavy atom. The van der Waals surface area contributed by atoms with Gasteiger partial charge in [0, 0.05) is 41.5 Å². The number of benzene rings is 2. The number of nitrogens with zero attached hydrogens (tertiary/aromatic N) is 2. The molecule has 3 aromatic rings. The predicted molar refractivity (Wildman–Crippen MR) is 100 cm³/mol. The molecule has 5 rings (SSSR count). The fraction of sp³-hybridized carbons (Fsp3) is 0.318. The number of hydrogen-bond donors (Lipinski definition) is 0. The molecule has 1 atom stereocenters. The number of aromatic nitrogens is 1. The normalized spacial score (nSPS) is 24.1. The van der Waals surface area contributed by atoms with Crippen molar-refractivity contribution in [2.45, 2.75) is 31.3 Å². The molecule has 1 amide bonds. The van der Waals surface area contributed by atoms with Crippen molar-refractivity contribution in [2.75, 3.05) is 6.61 Å². The minimum absolute atomic E-state index is 0.152. The number of carbonyl (C=O) groups excluding carboxylic acids is 1. The monoisotopic (exact) mass is 400 g/mol. The second kappa shape index (κ2) is 6.91. The third-order valence-electron chi connectivity index (χ3n) is 5.93. The van der Waals surface area contributed by atoms with E-state index in [0.717, 1.165) is 17.0 Å². The number of hydroxylamine groups is 2. The van der Waals surface area contributed by atoms with Crippen LogP contribution in [0.4, 0.5) is 13.2 Å². The number of halogens is 3. The minimum atomic E-state index is -0.668. The zero-order valence-corrected chi connectivity index (χ0v) is 15.5. The largest absolute Gasteiger partial charge is 0.344 e. The Morgan fingerprint density at radius 3 is 2.48 bits per heavy atom. The molecule has 2 aliphatic rings. The standard InChI is InChI=1S/C22H19F3N2O2/c23-16-1-2-20-13(7-16)3-5-26(20)19-10-15(11-19)22(28)27-21(4-6-29-27)14-8-17(24)12-18(25)9-14/h1-3,5,7-9,12,15,19,21H,4,6,10-11H2/t15?,19?,21-/m0/s1. The fourth-order valence-corrected chi connectivity index (χ4v) is 4.41. The van der Waals surface area contributed by atoms with Gasteiger partial charge in [0.05, 0.1) is 12.6 Å². The van der Waals surface area contributed by atoms with E-state index in [9.17, 15) is 18.0 Å². The first-order valence-electron chi connectivity index (χ1n) is 9.67. The molecule has 0 spiro atoms.